The molecular weight excluding hydrogens is 224 g/mol. The third-order valence-corrected chi connectivity index (χ3v) is 3.23. The standard InChI is InChI=1S/C11H18N2O4/c14-10-7-13(6-9-2-1-3-17-9)5-8(4-12-10)11(15)16/h8-9H,1-7H2,(H,12,14)(H,15,16). The van der Waals surface area contributed by atoms with E-state index in [2.05, 4.69) is 5.32 Å². The lowest BCUT2D eigenvalue weighted by Crippen LogP contribution is -2.39. The fourth-order valence-corrected chi connectivity index (χ4v) is 2.32. The van der Waals surface area contributed by atoms with Crippen LogP contribution in [0.2, 0.25) is 0 Å². The predicted octanol–water partition coefficient (Wildman–Crippen LogP) is -0.702. The van der Waals surface area contributed by atoms with Crippen molar-refractivity contribution >= 4 is 11.9 Å². The highest BCUT2D eigenvalue weighted by Gasteiger charge is 2.29. The van der Waals surface area contributed by atoms with Crippen molar-refractivity contribution in [2.45, 2.75) is 18.9 Å². The van der Waals surface area contributed by atoms with Crippen LogP contribution in [0.15, 0.2) is 0 Å². The van der Waals surface area contributed by atoms with Gasteiger partial charge < -0.3 is 15.2 Å². The second kappa shape index (κ2) is 5.46. The highest BCUT2D eigenvalue weighted by atomic mass is 16.5. The van der Waals surface area contributed by atoms with Crippen LogP contribution in [-0.4, -0.2) is 60.8 Å². The maximum atomic E-state index is 11.4. The van der Waals surface area contributed by atoms with E-state index in [1.165, 1.54) is 0 Å². The number of carbonyl (C=O) groups excluding carboxylic acids is 1. The van der Waals surface area contributed by atoms with Crippen LogP contribution in [0.1, 0.15) is 12.8 Å². The maximum absolute atomic E-state index is 11.4. The van der Waals surface area contributed by atoms with Gasteiger partial charge in [-0.25, -0.2) is 0 Å². The molecule has 2 heterocycles. The summed E-state index contributed by atoms with van der Waals surface area (Å²) in [6.07, 6.45) is 2.19. The van der Waals surface area contributed by atoms with E-state index < -0.39 is 11.9 Å². The topological polar surface area (TPSA) is 78.9 Å². The first-order valence-electron chi connectivity index (χ1n) is 5.98. The molecule has 2 unspecified atom stereocenters. The molecule has 0 aromatic carbocycles. The number of amides is 1. The highest BCUT2D eigenvalue weighted by Crippen LogP contribution is 2.15. The molecule has 17 heavy (non-hydrogen) atoms. The van der Waals surface area contributed by atoms with Crippen LogP contribution in [0.3, 0.4) is 0 Å². The molecule has 2 N–H and O–H groups in total. The van der Waals surface area contributed by atoms with Crippen molar-refractivity contribution < 1.29 is 19.4 Å². The Labute approximate surface area is 99.9 Å². The van der Waals surface area contributed by atoms with Gasteiger partial charge in [0.1, 0.15) is 0 Å². The molecule has 2 aliphatic heterocycles. The van der Waals surface area contributed by atoms with Gasteiger partial charge in [-0.2, -0.15) is 0 Å². The smallest absolute Gasteiger partial charge is 0.309 e. The highest BCUT2D eigenvalue weighted by molar-refractivity contribution is 5.80. The zero-order valence-corrected chi connectivity index (χ0v) is 9.72. The summed E-state index contributed by atoms with van der Waals surface area (Å²) in [5.74, 6) is -1.49. The minimum atomic E-state index is -0.857. The number of carboxylic acids is 1. The van der Waals surface area contributed by atoms with Gasteiger partial charge in [0.25, 0.3) is 0 Å². The minimum Gasteiger partial charge on any atom is -0.481 e. The quantitative estimate of drug-likeness (QED) is 0.684. The molecule has 0 aromatic heterocycles. The lowest BCUT2D eigenvalue weighted by Gasteiger charge is -2.23. The average Bonchev–Trinajstić information content (AvgIpc) is 2.68. The Bertz CT molecular complexity index is 302. The largest absolute Gasteiger partial charge is 0.481 e. The Hall–Kier alpha value is -1.14. The first-order chi connectivity index (χ1) is 8.15. The van der Waals surface area contributed by atoms with Crippen LogP contribution in [0.25, 0.3) is 0 Å². The fraction of sp³-hybridized carbons (Fsp3) is 0.818. The molecule has 0 saturated carbocycles. The second-order valence-corrected chi connectivity index (χ2v) is 4.67. The van der Waals surface area contributed by atoms with E-state index in [-0.39, 0.29) is 25.1 Å². The first kappa shape index (κ1) is 12.3. The van der Waals surface area contributed by atoms with E-state index in [0.29, 0.717) is 13.1 Å². The summed E-state index contributed by atoms with van der Waals surface area (Å²) < 4.78 is 5.51. The van der Waals surface area contributed by atoms with Crippen molar-refractivity contribution in [3.8, 4) is 0 Å². The van der Waals surface area contributed by atoms with Crippen molar-refractivity contribution in [1.29, 1.82) is 0 Å². The lowest BCUT2D eigenvalue weighted by molar-refractivity contribution is -0.142. The van der Waals surface area contributed by atoms with E-state index in [1.807, 2.05) is 4.90 Å². The summed E-state index contributed by atoms with van der Waals surface area (Å²) in [6.45, 7) is 2.32. The van der Waals surface area contributed by atoms with Gasteiger partial charge >= 0.3 is 5.97 Å². The van der Waals surface area contributed by atoms with Gasteiger partial charge in [-0.1, -0.05) is 0 Å². The van der Waals surface area contributed by atoms with Gasteiger partial charge in [0, 0.05) is 26.2 Å². The van der Waals surface area contributed by atoms with E-state index in [9.17, 15) is 9.59 Å². The normalized spacial score (nSPS) is 30.9. The van der Waals surface area contributed by atoms with Crippen molar-refractivity contribution in [3.05, 3.63) is 0 Å². The van der Waals surface area contributed by atoms with Gasteiger partial charge in [-0.05, 0) is 12.8 Å². The molecule has 6 nitrogen and oxygen atoms in total. The van der Waals surface area contributed by atoms with E-state index in [0.717, 1.165) is 19.4 Å². The number of hydrogen-bond acceptors (Lipinski definition) is 4. The average molecular weight is 242 g/mol. The first-order valence-corrected chi connectivity index (χ1v) is 5.98. The maximum Gasteiger partial charge on any atom is 0.309 e. The summed E-state index contributed by atoms with van der Waals surface area (Å²) >= 11 is 0. The number of hydrogen-bond donors (Lipinski definition) is 2. The molecule has 0 radical (unpaired) electrons. The van der Waals surface area contributed by atoms with Gasteiger partial charge in [0.15, 0.2) is 0 Å². The molecule has 96 valence electrons. The Morgan fingerprint density at radius 1 is 1.59 bits per heavy atom. The van der Waals surface area contributed by atoms with Gasteiger partial charge in [-0.3, -0.25) is 14.5 Å². The third-order valence-electron chi connectivity index (χ3n) is 3.23. The fourth-order valence-electron chi connectivity index (χ4n) is 2.32. The van der Waals surface area contributed by atoms with Crippen LogP contribution < -0.4 is 5.32 Å². The van der Waals surface area contributed by atoms with E-state index in [4.69, 9.17) is 9.84 Å². The molecule has 0 spiro atoms. The molecule has 2 fully saturated rings. The molecule has 2 saturated heterocycles. The Morgan fingerprint density at radius 2 is 2.41 bits per heavy atom. The Morgan fingerprint density at radius 3 is 3.06 bits per heavy atom. The summed E-state index contributed by atoms with van der Waals surface area (Å²) in [5, 5.41) is 11.6. The van der Waals surface area contributed by atoms with Crippen LogP contribution in [0, 0.1) is 5.92 Å². The predicted molar refractivity (Wildman–Crippen MR) is 59.5 cm³/mol. The number of aliphatic carboxylic acids is 1. The monoisotopic (exact) mass is 242 g/mol. The summed E-state index contributed by atoms with van der Waals surface area (Å²) in [6, 6.07) is 0. The van der Waals surface area contributed by atoms with Gasteiger partial charge in [-0.15, -0.1) is 0 Å². The zero-order valence-electron chi connectivity index (χ0n) is 9.72. The number of rotatable bonds is 3. The molecule has 0 aromatic rings. The Kier molecular flexibility index (Phi) is 3.96. The zero-order chi connectivity index (χ0) is 12.3. The molecule has 0 bridgehead atoms. The molecule has 2 atom stereocenters. The number of nitrogens with one attached hydrogen (secondary N) is 1. The second-order valence-electron chi connectivity index (χ2n) is 4.67. The number of ether oxygens (including phenoxy) is 1. The molecule has 1 amide bonds. The SMILES string of the molecule is O=C1CN(CC2CCCO2)CC(C(=O)O)CN1. The number of nitrogens with zero attached hydrogens (tertiary/aromatic N) is 1. The molecule has 0 aliphatic carbocycles. The molecular formula is C11H18N2O4. The summed E-state index contributed by atoms with van der Waals surface area (Å²) in [4.78, 5) is 24.3. The summed E-state index contributed by atoms with van der Waals surface area (Å²) in [5.41, 5.74) is 0. The van der Waals surface area contributed by atoms with Crippen LogP contribution in [0.5, 0.6) is 0 Å². The van der Waals surface area contributed by atoms with Crippen LogP contribution >= 0.6 is 0 Å². The van der Waals surface area contributed by atoms with E-state index >= 15 is 0 Å². The lowest BCUT2D eigenvalue weighted by atomic mass is 10.1. The van der Waals surface area contributed by atoms with Gasteiger partial charge in [0.05, 0.1) is 18.6 Å². The van der Waals surface area contributed by atoms with Crippen LogP contribution in [-0.2, 0) is 14.3 Å². The number of carbonyl (C=O) groups is 2. The third kappa shape index (κ3) is 3.41. The molecule has 6 heteroatoms. The van der Waals surface area contributed by atoms with Gasteiger partial charge in [0.2, 0.25) is 5.91 Å². The van der Waals surface area contributed by atoms with Crippen LogP contribution in [0.4, 0.5) is 0 Å². The van der Waals surface area contributed by atoms with E-state index in [1.54, 1.807) is 0 Å². The van der Waals surface area contributed by atoms with Crippen molar-refractivity contribution in [2.75, 3.05) is 32.8 Å². The Balaban J connectivity index is 1.93. The number of carboxylic acid groups (broad SMARTS) is 1. The van der Waals surface area contributed by atoms with Crippen molar-refractivity contribution in [3.63, 3.8) is 0 Å². The van der Waals surface area contributed by atoms with Crippen molar-refractivity contribution in [2.24, 2.45) is 5.92 Å². The minimum absolute atomic E-state index is 0.105. The van der Waals surface area contributed by atoms with Crippen molar-refractivity contribution in [1.82, 2.24) is 10.2 Å². The molecule has 2 aliphatic rings. The summed E-state index contributed by atoms with van der Waals surface area (Å²) in [7, 11) is 0. The molecule has 2 rings (SSSR count).